The molecule has 1 aliphatic heterocycles. The number of nitrogens with one attached hydrogen (secondary N) is 1. The molecule has 28 heavy (non-hydrogen) atoms. The van der Waals surface area contributed by atoms with Crippen LogP contribution in [0.3, 0.4) is 0 Å². The lowest BCUT2D eigenvalue weighted by atomic mass is 10.0. The minimum absolute atomic E-state index is 0.0693. The molecule has 0 spiro atoms. The lowest BCUT2D eigenvalue weighted by Gasteiger charge is -2.27. The molecule has 0 aromatic heterocycles. The van der Waals surface area contributed by atoms with Gasteiger partial charge in [0, 0.05) is 24.8 Å². The van der Waals surface area contributed by atoms with Gasteiger partial charge in [0.1, 0.15) is 5.75 Å². The van der Waals surface area contributed by atoms with E-state index in [0.717, 1.165) is 30.2 Å². The van der Waals surface area contributed by atoms with Crippen LogP contribution in [0.25, 0.3) is 10.8 Å². The summed E-state index contributed by atoms with van der Waals surface area (Å²) in [7, 11) is 0. The Labute approximate surface area is 166 Å². The molecule has 4 rings (SSSR count). The highest BCUT2D eigenvalue weighted by Crippen LogP contribution is 2.29. The Kier molecular flexibility index (Phi) is 5.47. The fourth-order valence-corrected chi connectivity index (χ4v) is 4.07. The van der Waals surface area contributed by atoms with Crippen molar-refractivity contribution < 1.29 is 9.53 Å². The molecule has 0 aliphatic carbocycles. The van der Waals surface area contributed by atoms with Crippen LogP contribution in [0.15, 0.2) is 66.7 Å². The standard InChI is InChI=1S/C24H26N2O2/c1-2-28-22-15-14-18-9-6-7-13-21(18)23(22)24(27)25-17-20-12-8-16-26(20)19-10-4-3-5-11-19/h3-7,9-11,13-15,20H,2,8,12,16-17H2,1H3,(H,25,27). The molecule has 0 radical (unpaired) electrons. The second-order valence-corrected chi connectivity index (χ2v) is 7.13. The van der Waals surface area contributed by atoms with Crippen LogP contribution >= 0.6 is 0 Å². The minimum atomic E-state index is -0.0693. The number of benzene rings is 3. The van der Waals surface area contributed by atoms with Gasteiger partial charge in [0.2, 0.25) is 0 Å². The molecule has 1 N–H and O–H groups in total. The summed E-state index contributed by atoms with van der Waals surface area (Å²) >= 11 is 0. The summed E-state index contributed by atoms with van der Waals surface area (Å²) in [5.41, 5.74) is 1.85. The molecule has 0 saturated carbocycles. The molecule has 4 nitrogen and oxygen atoms in total. The van der Waals surface area contributed by atoms with E-state index < -0.39 is 0 Å². The zero-order valence-corrected chi connectivity index (χ0v) is 16.2. The van der Waals surface area contributed by atoms with E-state index in [1.165, 1.54) is 5.69 Å². The first kappa shape index (κ1) is 18.4. The Morgan fingerprint density at radius 2 is 1.86 bits per heavy atom. The van der Waals surface area contributed by atoms with Crippen LogP contribution in [0.4, 0.5) is 5.69 Å². The molecule has 1 aliphatic rings. The first-order valence-electron chi connectivity index (χ1n) is 10.0. The van der Waals surface area contributed by atoms with Crippen LogP contribution in [-0.2, 0) is 0 Å². The number of ether oxygens (including phenoxy) is 1. The minimum Gasteiger partial charge on any atom is -0.493 e. The van der Waals surface area contributed by atoms with Crippen molar-refractivity contribution in [1.29, 1.82) is 0 Å². The molecule has 1 unspecified atom stereocenters. The molecule has 144 valence electrons. The molecule has 4 heteroatoms. The van der Waals surface area contributed by atoms with E-state index in [9.17, 15) is 4.79 Å². The van der Waals surface area contributed by atoms with Crippen LogP contribution in [0.5, 0.6) is 5.75 Å². The smallest absolute Gasteiger partial charge is 0.255 e. The largest absolute Gasteiger partial charge is 0.493 e. The van der Waals surface area contributed by atoms with Crippen molar-refractivity contribution in [3.8, 4) is 5.75 Å². The van der Waals surface area contributed by atoms with Crippen LogP contribution in [0.1, 0.15) is 30.1 Å². The average molecular weight is 374 g/mol. The van der Waals surface area contributed by atoms with Gasteiger partial charge in [-0.2, -0.15) is 0 Å². The summed E-state index contributed by atoms with van der Waals surface area (Å²) < 4.78 is 5.76. The Morgan fingerprint density at radius 1 is 1.07 bits per heavy atom. The van der Waals surface area contributed by atoms with E-state index in [1.807, 2.05) is 49.4 Å². The number of hydrogen-bond acceptors (Lipinski definition) is 3. The Hall–Kier alpha value is -3.01. The molecular formula is C24H26N2O2. The SMILES string of the molecule is CCOc1ccc2ccccc2c1C(=O)NCC1CCCN1c1ccccc1. The van der Waals surface area contributed by atoms with Gasteiger partial charge < -0.3 is 15.0 Å². The van der Waals surface area contributed by atoms with Gasteiger partial charge in [-0.25, -0.2) is 0 Å². The van der Waals surface area contributed by atoms with Gasteiger partial charge in [-0.05, 0) is 48.7 Å². The maximum Gasteiger partial charge on any atom is 0.255 e. The predicted octanol–water partition coefficient (Wildman–Crippen LogP) is 4.64. The Bertz CT molecular complexity index is 955. The maximum absolute atomic E-state index is 13.1. The normalized spacial score (nSPS) is 16.3. The van der Waals surface area contributed by atoms with Crippen molar-refractivity contribution in [3.63, 3.8) is 0 Å². The zero-order chi connectivity index (χ0) is 19.3. The lowest BCUT2D eigenvalue weighted by Crippen LogP contribution is -2.40. The summed E-state index contributed by atoms with van der Waals surface area (Å²) in [5, 5.41) is 5.14. The zero-order valence-electron chi connectivity index (χ0n) is 16.2. The average Bonchev–Trinajstić information content (AvgIpc) is 3.21. The van der Waals surface area contributed by atoms with E-state index in [-0.39, 0.29) is 5.91 Å². The topological polar surface area (TPSA) is 41.6 Å². The number of carbonyl (C=O) groups is 1. The van der Waals surface area contributed by atoms with Crippen molar-refractivity contribution in [1.82, 2.24) is 5.32 Å². The molecule has 1 saturated heterocycles. The summed E-state index contributed by atoms with van der Waals surface area (Å²) in [6.45, 7) is 4.13. The van der Waals surface area contributed by atoms with Crippen LogP contribution in [0.2, 0.25) is 0 Å². The van der Waals surface area contributed by atoms with Gasteiger partial charge in [0.05, 0.1) is 12.2 Å². The summed E-state index contributed by atoms with van der Waals surface area (Å²) in [6.07, 6.45) is 2.23. The summed E-state index contributed by atoms with van der Waals surface area (Å²) in [6, 6.07) is 22.6. The second kappa shape index (κ2) is 8.34. The summed E-state index contributed by atoms with van der Waals surface area (Å²) in [4.78, 5) is 15.5. The van der Waals surface area contributed by atoms with Gasteiger partial charge in [0.15, 0.2) is 0 Å². The highest BCUT2D eigenvalue weighted by Gasteiger charge is 2.26. The molecule has 1 atom stereocenters. The van der Waals surface area contributed by atoms with Crippen LogP contribution in [-0.4, -0.2) is 31.6 Å². The number of nitrogens with zero attached hydrogens (tertiary/aromatic N) is 1. The van der Waals surface area contributed by atoms with Crippen molar-refractivity contribution >= 4 is 22.4 Å². The molecule has 1 amide bonds. The molecule has 3 aromatic carbocycles. The van der Waals surface area contributed by atoms with Crippen LogP contribution < -0.4 is 15.0 Å². The van der Waals surface area contributed by atoms with Gasteiger partial charge in [-0.15, -0.1) is 0 Å². The number of hydrogen-bond donors (Lipinski definition) is 1. The van der Waals surface area contributed by atoms with E-state index in [1.54, 1.807) is 0 Å². The first-order chi connectivity index (χ1) is 13.8. The van der Waals surface area contributed by atoms with Gasteiger partial charge in [-0.1, -0.05) is 48.5 Å². The number of amides is 1. The summed E-state index contributed by atoms with van der Waals surface area (Å²) in [5.74, 6) is 0.574. The van der Waals surface area contributed by atoms with Crippen LogP contribution in [0, 0.1) is 0 Å². The molecule has 1 heterocycles. The van der Waals surface area contributed by atoms with E-state index in [0.29, 0.717) is 30.5 Å². The van der Waals surface area contributed by atoms with E-state index in [2.05, 4.69) is 34.5 Å². The predicted molar refractivity (Wildman–Crippen MR) is 114 cm³/mol. The fourth-order valence-electron chi connectivity index (χ4n) is 4.07. The van der Waals surface area contributed by atoms with Gasteiger partial charge >= 0.3 is 0 Å². The van der Waals surface area contributed by atoms with Crippen molar-refractivity contribution in [2.45, 2.75) is 25.8 Å². The molecule has 1 fully saturated rings. The van der Waals surface area contributed by atoms with Crippen molar-refractivity contribution in [3.05, 3.63) is 72.3 Å². The first-order valence-corrected chi connectivity index (χ1v) is 10.0. The fraction of sp³-hybridized carbons (Fsp3) is 0.292. The number of para-hydroxylation sites is 1. The number of carbonyl (C=O) groups excluding carboxylic acids is 1. The maximum atomic E-state index is 13.1. The third-order valence-corrected chi connectivity index (χ3v) is 5.38. The van der Waals surface area contributed by atoms with E-state index in [4.69, 9.17) is 4.74 Å². The number of fused-ring (bicyclic) bond motifs is 1. The molecule has 0 bridgehead atoms. The second-order valence-electron chi connectivity index (χ2n) is 7.13. The molecule has 3 aromatic rings. The third kappa shape index (κ3) is 3.68. The number of rotatable bonds is 6. The monoisotopic (exact) mass is 374 g/mol. The molecular weight excluding hydrogens is 348 g/mol. The highest BCUT2D eigenvalue weighted by atomic mass is 16.5. The quantitative estimate of drug-likeness (QED) is 0.684. The van der Waals surface area contributed by atoms with Crippen molar-refractivity contribution in [2.75, 3.05) is 24.6 Å². The third-order valence-electron chi connectivity index (χ3n) is 5.38. The highest BCUT2D eigenvalue weighted by molar-refractivity contribution is 6.09. The lowest BCUT2D eigenvalue weighted by molar-refractivity contribution is 0.0949. The van der Waals surface area contributed by atoms with Crippen molar-refractivity contribution in [2.24, 2.45) is 0 Å². The van der Waals surface area contributed by atoms with E-state index >= 15 is 0 Å². The van der Waals surface area contributed by atoms with Gasteiger partial charge in [-0.3, -0.25) is 4.79 Å². The van der Waals surface area contributed by atoms with Gasteiger partial charge in [0.25, 0.3) is 5.91 Å². The number of anilines is 1. The Morgan fingerprint density at radius 3 is 2.68 bits per heavy atom. The Balaban J connectivity index is 1.55.